The van der Waals surface area contributed by atoms with Crippen molar-refractivity contribution in [1.82, 2.24) is 4.90 Å². The van der Waals surface area contributed by atoms with Crippen molar-refractivity contribution in [3.63, 3.8) is 0 Å². The molecule has 0 saturated carbocycles. The fourth-order valence-electron chi connectivity index (χ4n) is 1.45. The summed E-state index contributed by atoms with van der Waals surface area (Å²) in [7, 11) is 2.97. The van der Waals surface area contributed by atoms with E-state index in [4.69, 9.17) is 9.84 Å². The Morgan fingerprint density at radius 3 is 1.96 bits per heavy atom. The van der Waals surface area contributed by atoms with E-state index in [9.17, 15) is 23.2 Å². The third kappa shape index (κ3) is 6.02. The van der Waals surface area contributed by atoms with E-state index in [0.29, 0.717) is 12.6 Å². The molecule has 25 heavy (non-hydrogen) atoms. The molecule has 1 N–H and O–H groups in total. The minimum atomic E-state index is -0.774. The van der Waals surface area contributed by atoms with Gasteiger partial charge in [-0.25, -0.2) is 13.6 Å². The smallest absolute Gasteiger partial charge is 0.414 e. The van der Waals surface area contributed by atoms with Crippen LogP contribution in [0.2, 0.25) is 0 Å². The van der Waals surface area contributed by atoms with Crippen molar-refractivity contribution >= 4 is 18.7 Å². The second-order valence-electron chi connectivity index (χ2n) is 4.90. The van der Waals surface area contributed by atoms with Crippen LogP contribution in [0.25, 0.3) is 0 Å². The van der Waals surface area contributed by atoms with Crippen LogP contribution in [0.5, 0.6) is 11.5 Å². The summed E-state index contributed by atoms with van der Waals surface area (Å²) in [5.41, 5.74) is 0.410. The summed E-state index contributed by atoms with van der Waals surface area (Å²) in [6.45, 7) is 0. The maximum atomic E-state index is 13.2. The zero-order chi connectivity index (χ0) is 19.0. The van der Waals surface area contributed by atoms with Crippen LogP contribution in [0.3, 0.4) is 0 Å². The van der Waals surface area contributed by atoms with Gasteiger partial charge in [-0.05, 0) is 36.4 Å². The Bertz CT molecular complexity index is 778. The molecule has 0 spiro atoms. The lowest BCUT2D eigenvalue weighted by Crippen LogP contribution is -2.25. The number of amides is 1. The molecule has 0 saturated heterocycles. The van der Waals surface area contributed by atoms with E-state index < -0.39 is 23.5 Å². The monoisotopic (exact) mass is 351 g/mol. The number of phenolic OH excluding ortho intramolecular Hbond substituents is 1. The van der Waals surface area contributed by atoms with Gasteiger partial charge in [0.1, 0.15) is 12.6 Å². The van der Waals surface area contributed by atoms with Crippen molar-refractivity contribution < 1.29 is 33.0 Å². The number of carbonyl (C=O) groups excluding carboxylic acids is 3. The average molecular weight is 351 g/mol. The van der Waals surface area contributed by atoms with E-state index in [2.05, 4.69) is 0 Å². The Hall–Kier alpha value is -3.29. The standard InChI is InChI=1S/C10H10FNO3.C7H5FO2/c1-12(2)10(14)15-9-4-3-7(6-13)5-8(9)11;8-6-3-5(4-9)1-2-7(6)10/h3-6H,1-2H3;1-4,10H. The third-order valence-electron chi connectivity index (χ3n) is 2.76. The molecule has 132 valence electrons. The Labute approximate surface area is 142 Å². The van der Waals surface area contributed by atoms with E-state index in [1.165, 1.54) is 37.2 Å². The topological polar surface area (TPSA) is 83.9 Å². The third-order valence-corrected chi connectivity index (χ3v) is 2.76. The number of phenols is 1. The molecule has 0 bridgehead atoms. The van der Waals surface area contributed by atoms with Gasteiger partial charge in [0.05, 0.1) is 0 Å². The molecule has 1 amide bonds. The van der Waals surface area contributed by atoms with Crippen molar-refractivity contribution in [2.45, 2.75) is 0 Å². The number of carbonyl (C=O) groups is 3. The van der Waals surface area contributed by atoms with Gasteiger partial charge in [0.15, 0.2) is 23.1 Å². The molecule has 0 unspecified atom stereocenters. The lowest BCUT2D eigenvalue weighted by molar-refractivity contribution is 0.111. The van der Waals surface area contributed by atoms with Gasteiger partial charge >= 0.3 is 6.09 Å². The number of hydrogen-bond donors (Lipinski definition) is 1. The molecule has 2 rings (SSSR count). The molecule has 0 aliphatic rings. The number of aldehydes is 2. The number of ether oxygens (including phenoxy) is 1. The van der Waals surface area contributed by atoms with Crippen molar-refractivity contribution in [3.8, 4) is 11.5 Å². The highest BCUT2D eigenvalue weighted by atomic mass is 19.1. The van der Waals surface area contributed by atoms with E-state index in [0.717, 1.165) is 18.2 Å². The van der Waals surface area contributed by atoms with Gasteiger partial charge < -0.3 is 14.7 Å². The first-order chi connectivity index (χ1) is 11.8. The zero-order valence-corrected chi connectivity index (χ0v) is 13.4. The molecule has 0 atom stereocenters. The molecule has 2 aromatic carbocycles. The van der Waals surface area contributed by atoms with Crippen LogP contribution in [-0.4, -0.2) is 42.8 Å². The second kappa shape index (κ2) is 9.11. The number of aromatic hydroxyl groups is 1. The van der Waals surface area contributed by atoms with Crippen molar-refractivity contribution in [3.05, 3.63) is 59.2 Å². The van der Waals surface area contributed by atoms with Crippen LogP contribution in [0, 0.1) is 11.6 Å². The van der Waals surface area contributed by atoms with Crippen LogP contribution < -0.4 is 4.74 Å². The molecule has 8 heteroatoms. The summed E-state index contributed by atoms with van der Waals surface area (Å²) >= 11 is 0. The summed E-state index contributed by atoms with van der Waals surface area (Å²) in [4.78, 5) is 32.6. The molecular formula is C17H15F2NO5. The number of halogens is 2. The summed E-state index contributed by atoms with van der Waals surface area (Å²) in [6.07, 6.45) is 0.358. The van der Waals surface area contributed by atoms with Crippen molar-refractivity contribution in [2.75, 3.05) is 14.1 Å². The quantitative estimate of drug-likeness (QED) is 0.860. The highest BCUT2D eigenvalue weighted by Gasteiger charge is 2.11. The Morgan fingerprint density at radius 2 is 1.52 bits per heavy atom. The molecule has 0 aliphatic heterocycles. The Balaban J connectivity index is 0.000000271. The molecular weight excluding hydrogens is 336 g/mol. The highest BCUT2D eigenvalue weighted by Crippen LogP contribution is 2.18. The molecule has 0 fully saturated rings. The van der Waals surface area contributed by atoms with E-state index in [1.54, 1.807) is 0 Å². The summed E-state index contributed by atoms with van der Waals surface area (Å²) in [5, 5.41) is 8.65. The highest BCUT2D eigenvalue weighted by molar-refractivity contribution is 5.76. The summed E-state index contributed by atoms with van der Waals surface area (Å²) in [5.74, 6) is -2.15. The molecule has 0 aliphatic carbocycles. The first-order valence-electron chi connectivity index (χ1n) is 6.86. The van der Waals surface area contributed by atoms with Crippen LogP contribution in [0.15, 0.2) is 36.4 Å². The largest absolute Gasteiger partial charge is 0.505 e. The minimum absolute atomic E-state index is 0.192. The lowest BCUT2D eigenvalue weighted by Gasteiger charge is -2.10. The first kappa shape index (κ1) is 19.8. The van der Waals surface area contributed by atoms with Crippen molar-refractivity contribution in [1.29, 1.82) is 0 Å². The second-order valence-corrected chi connectivity index (χ2v) is 4.90. The molecule has 0 aromatic heterocycles. The van der Waals surface area contributed by atoms with Gasteiger partial charge in [0.2, 0.25) is 0 Å². The Kier molecular flexibility index (Phi) is 7.20. The zero-order valence-electron chi connectivity index (χ0n) is 13.4. The van der Waals surface area contributed by atoms with Crippen LogP contribution in [0.1, 0.15) is 20.7 Å². The molecule has 2 aromatic rings. The predicted molar refractivity (Wildman–Crippen MR) is 85.0 cm³/mol. The first-order valence-corrected chi connectivity index (χ1v) is 6.86. The van der Waals surface area contributed by atoms with Gasteiger partial charge in [0, 0.05) is 25.2 Å². The number of rotatable bonds is 3. The van der Waals surface area contributed by atoms with Gasteiger partial charge in [-0.1, -0.05) is 0 Å². The van der Waals surface area contributed by atoms with Gasteiger partial charge in [-0.2, -0.15) is 0 Å². The van der Waals surface area contributed by atoms with Gasteiger partial charge in [0.25, 0.3) is 0 Å². The number of hydrogen-bond acceptors (Lipinski definition) is 5. The van der Waals surface area contributed by atoms with Crippen LogP contribution in [-0.2, 0) is 0 Å². The average Bonchev–Trinajstić information content (AvgIpc) is 2.59. The minimum Gasteiger partial charge on any atom is -0.505 e. The van der Waals surface area contributed by atoms with Crippen molar-refractivity contribution in [2.24, 2.45) is 0 Å². The SMILES string of the molecule is CN(C)C(=O)Oc1ccc(C=O)cc1F.O=Cc1ccc(O)c(F)c1. The van der Waals surface area contributed by atoms with Crippen LogP contribution >= 0.6 is 0 Å². The maximum absolute atomic E-state index is 13.2. The van der Waals surface area contributed by atoms with Crippen LogP contribution in [0.4, 0.5) is 13.6 Å². The number of nitrogens with zero attached hydrogens (tertiary/aromatic N) is 1. The molecule has 0 radical (unpaired) electrons. The van der Waals surface area contributed by atoms with E-state index in [1.807, 2.05) is 0 Å². The molecule has 0 heterocycles. The summed E-state index contributed by atoms with van der Waals surface area (Å²) < 4.78 is 30.3. The maximum Gasteiger partial charge on any atom is 0.414 e. The lowest BCUT2D eigenvalue weighted by atomic mass is 10.2. The fourth-order valence-corrected chi connectivity index (χ4v) is 1.45. The van der Waals surface area contributed by atoms with Gasteiger partial charge in [-0.3, -0.25) is 9.59 Å². The fraction of sp³-hybridized carbons (Fsp3) is 0.118. The Morgan fingerprint density at radius 1 is 1.00 bits per heavy atom. The van der Waals surface area contributed by atoms with E-state index in [-0.39, 0.29) is 16.9 Å². The normalized spacial score (nSPS) is 9.44. The van der Waals surface area contributed by atoms with Gasteiger partial charge in [-0.15, -0.1) is 0 Å². The summed E-state index contributed by atoms with van der Waals surface area (Å²) in [6, 6.07) is 7.06. The molecule has 6 nitrogen and oxygen atoms in total. The van der Waals surface area contributed by atoms with E-state index >= 15 is 0 Å². The predicted octanol–water partition coefficient (Wildman–Crippen LogP) is 3.04. The number of benzene rings is 2.